The summed E-state index contributed by atoms with van der Waals surface area (Å²) in [5.74, 6) is -0.602. The van der Waals surface area contributed by atoms with Gasteiger partial charge in [-0.25, -0.2) is 14.2 Å². The predicted octanol–water partition coefficient (Wildman–Crippen LogP) is 6.50. The molecular weight excluding hydrogens is 563 g/mol. The monoisotopic (exact) mass is 584 g/mol. The van der Waals surface area contributed by atoms with Crippen LogP contribution < -0.4 is 9.47 Å². The SMILES string of the molecule is CCOc1cc(/C=C2\SC(=Nc3ccc(C(=O)O)cc3)N(C)C2=O)c(Br)cc1OCc1cccc(F)c1. The molecule has 37 heavy (non-hydrogen) atoms. The highest BCUT2D eigenvalue weighted by Gasteiger charge is 2.30. The van der Waals surface area contributed by atoms with Crippen molar-refractivity contribution in [1.82, 2.24) is 4.90 Å². The number of nitrogens with zero attached hydrogens (tertiary/aromatic N) is 2. The maximum Gasteiger partial charge on any atom is 0.335 e. The molecule has 10 heteroatoms. The lowest BCUT2D eigenvalue weighted by Crippen LogP contribution is -2.23. The molecule has 3 aromatic rings. The third-order valence-corrected chi connectivity index (χ3v) is 7.02. The second-order valence-electron chi connectivity index (χ2n) is 7.89. The number of aliphatic imine (C=N–C) groups is 1. The van der Waals surface area contributed by atoms with Gasteiger partial charge in [-0.3, -0.25) is 9.69 Å². The Hall–Kier alpha value is -3.63. The minimum Gasteiger partial charge on any atom is -0.490 e. The van der Waals surface area contributed by atoms with E-state index in [1.807, 2.05) is 6.92 Å². The van der Waals surface area contributed by atoms with Crippen LogP contribution in [0.4, 0.5) is 10.1 Å². The Morgan fingerprint density at radius 2 is 1.86 bits per heavy atom. The van der Waals surface area contributed by atoms with Gasteiger partial charge >= 0.3 is 5.97 Å². The normalized spacial score (nSPS) is 15.5. The number of benzene rings is 3. The molecule has 0 saturated carbocycles. The number of hydrogen-bond acceptors (Lipinski definition) is 6. The number of rotatable bonds is 8. The van der Waals surface area contributed by atoms with Crippen LogP contribution >= 0.6 is 27.7 Å². The average Bonchev–Trinajstić information content (AvgIpc) is 3.13. The summed E-state index contributed by atoms with van der Waals surface area (Å²) in [4.78, 5) is 30.4. The molecule has 0 unspecified atom stereocenters. The summed E-state index contributed by atoms with van der Waals surface area (Å²) in [6, 6.07) is 15.8. The van der Waals surface area contributed by atoms with Gasteiger partial charge in [0.25, 0.3) is 5.91 Å². The van der Waals surface area contributed by atoms with Crippen LogP contribution in [0.5, 0.6) is 11.5 Å². The standard InChI is InChI=1S/C27H22BrFN2O5S/c1-3-35-22-12-18(21(28)14-23(22)36-15-16-5-4-6-19(29)11-16)13-24-25(32)31(2)27(37-24)30-20-9-7-17(8-10-20)26(33)34/h4-14H,3,15H2,1-2H3,(H,33,34)/b24-13-,30-27?. The van der Waals surface area contributed by atoms with Gasteiger partial charge in [0.2, 0.25) is 0 Å². The second-order valence-corrected chi connectivity index (χ2v) is 9.76. The van der Waals surface area contributed by atoms with Crippen LogP contribution in [-0.2, 0) is 11.4 Å². The first kappa shape index (κ1) is 26.4. The number of likely N-dealkylation sites (N-methyl/N-ethyl adjacent to an activating group) is 1. The number of aromatic carboxylic acids is 1. The first-order chi connectivity index (χ1) is 17.7. The quantitative estimate of drug-likeness (QED) is 0.304. The number of carbonyl (C=O) groups excluding carboxylic acids is 1. The molecule has 3 aromatic carbocycles. The summed E-state index contributed by atoms with van der Waals surface area (Å²) in [5.41, 5.74) is 2.09. The zero-order valence-electron chi connectivity index (χ0n) is 19.9. The Bertz CT molecular complexity index is 1410. The van der Waals surface area contributed by atoms with Gasteiger partial charge in [-0.15, -0.1) is 0 Å². The molecule has 0 radical (unpaired) electrons. The molecule has 1 N–H and O–H groups in total. The number of amidine groups is 1. The van der Waals surface area contributed by atoms with Crippen LogP contribution in [-0.4, -0.2) is 40.7 Å². The van der Waals surface area contributed by atoms with Gasteiger partial charge in [-0.2, -0.15) is 0 Å². The van der Waals surface area contributed by atoms with Gasteiger partial charge < -0.3 is 14.6 Å². The molecule has 0 aliphatic carbocycles. The van der Waals surface area contributed by atoms with Crippen molar-refractivity contribution in [3.05, 3.63) is 92.5 Å². The molecule has 1 amide bonds. The first-order valence-electron chi connectivity index (χ1n) is 11.2. The summed E-state index contributed by atoms with van der Waals surface area (Å²) >= 11 is 4.76. The van der Waals surface area contributed by atoms with Crippen molar-refractivity contribution >= 4 is 56.5 Å². The fourth-order valence-electron chi connectivity index (χ4n) is 3.41. The molecule has 1 aliphatic heterocycles. The smallest absolute Gasteiger partial charge is 0.335 e. The van der Waals surface area contributed by atoms with Crippen LogP contribution in [0.3, 0.4) is 0 Å². The van der Waals surface area contributed by atoms with E-state index >= 15 is 0 Å². The van der Waals surface area contributed by atoms with Crippen LogP contribution in [0.15, 0.2) is 75.0 Å². The Balaban J connectivity index is 1.58. The van der Waals surface area contributed by atoms with Crippen LogP contribution in [0.1, 0.15) is 28.4 Å². The Kier molecular flexibility index (Phi) is 8.30. The van der Waals surface area contributed by atoms with Gasteiger partial charge in [0.05, 0.1) is 22.8 Å². The maximum absolute atomic E-state index is 13.5. The number of carbonyl (C=O) groups is 2. The van der Waals surface area contributed by atoms with E-state index in [0.29, 0.717) is 49.5 Å². The molecule has 1 aliphatic rings. The van der Waals surface area contributed by atoms with E-state index in [4.69, 9.17) is 14.6 Å². The molecule has 4 rings (SSSR count). The topological polar surface area (TPSA) is 88.4 Å². The number of hydrogen-bond donors (Lipinski definition) is 1. The lowest BCUT2D eigenvalue weighted by molar-refractivity contribution is -0.121. The average molecular weight is 585 g/mol. The Morgan fingerprint density at radius 3 is 2.54 bits per heavy atom. The summed E-state index contributed by atoms with van der Waals surface area (Å²) in [6.07, 6.45) is 1.74. The van der Waals surface area contributed by atoms with Crippen molar-refractivity contribution in [2.75, 3.05) is 13.7 Å². The van der Waals surface area contributed by atoms with Gasteiger partial charge in [-0.1, -0.05) is 28.1 Å². The van der Waals surface area contributed by atoms with Crippen LogP contribution in [0, 0.1) is 5.82 Å². The van der Waals surface area contributed by atoms with Gasteiger partial charge in [0.15, 0.2) is 16.7 Å². The van der Waals surface area contributed by atoms with Gasteiger partial charge in [-0.05, 0) is 84.4 Å². The molecular formula is C27H22BrFN2O5S. The molecule has 1 heterocycles. The van der Waals surface area contributed by atoms with Crippen molar-refractivity contribution in [3.63, 3.8) is 0 Å². The molecule has 190 valence electrons. The van der Waals surface area contributed by atoms with Crippen LogP contribution in [0.25, 0.3) is 6.08 Å². The highest BCUT2D eigenvalue weighted by atomic mass is 79.9. The van der Waals surface area contributed by atoms with Crippen molar-refractivity contribution in [2.45, 2.75) is 13.5 Å². The first-order valence-corrected chi connectivity index (χ1v) is 12.8. The number of halogens is 2. The zero-order valence-corrected chi connectivity index (χ0v) is 22.3. The lowest BCUT2D eigenvalue weighted by Gasteiger charge is -2.14. The fourth-order valence-corrected chi connectivity index (χ4v) is 4.83. The van der Waals surface area contributed by atoms with E-state index in [1.54, 1.807) is 49.5 Å². The second kappa shape index (κ2) is 11.6. The van der Waals surface area contributed by atoms with E-state index in [1.165, 1.54) is 40.9 Å². The summed E-state index contributed by atoms with van der Waals surface area (Å²) in [7, 11) is 1.63. The van der Waals surface area contributed by atoms with E-state index in [2.05, 4.69) is 20.9 Å². The van der Waals surface area contributed by atoms with Crippen molar-refractivity contribution in [1.29, 1.82) is 0 Å². The lowest BCUT2D eigenvalue weighted by atomic mass is 10.1. The molecule has 1 saturated heterocycles. The van der Waals surface area contributed by atoms with Gasteiger partial charge in [0, 0.05) is 11.5 Å². The molecule has 0 bridgehead atoms. The van der Waals surface area contributed by atoms with E-state index < -0.39 is 5.97 Å². The number of amides is 1. The molecule has 0 atom stereocenters. The van der Waals surface area contributed by atoms with Crippen LogP contribution in [0.2, 0.25) is 0 Å². The summed E-state index contributed by atoms with van der Waals surface area (Å²) in [6.45, 7) is 2.42. The fraction of sp³-hybridized carbons (Fsp3) is 0.148. The van der Waals surface area contributed by atoms with Crippen molar-refractivity contribution in [3.8, 4) is 11.5 Å². The Morgan fingerprint density at radius 1 is 1.14 bits per heavy atom. The summed E-state index contributed by atoms with van der Waals surface area (Å²) in [5, 5.41) is 9.53. The number of carboxylic acid groups (broad SMARTS) is 1. The number of ether oxygens (including phenoxy) is 2. The largest absolute Gasteiger partial charge is 0.490 e. The highest BCUT2D eigenvalue weighted by molar-refractivity contribution is 9.10. The highest BCUT2D eigenvalue weighted by Crippen LogP contribution is 2.38. The Labute approximate surface area is 225 Å². The molecule has 7 nitrogen and oxygen atoms in total. The molecule has 1 fully saturated rings. The van der Waals surface area contributed by atoms with E-state index in [9.17, 15) is 14.0 Å². The minimum atomic E-state index is -1.02. The molecule has 0 spiro atoms. The number of thioether (sulfide) groups is 1. The van der Waals surface area contributed by atoms with E-state index in [-0.39, 0.29) is 23.9 Å². The van der Waals surface area contributed by atoms with E-state index in [0.717, 1.165) is 0 Å². The number of carboxylic acids is 1. The maximum atomic E-state index is 13.5. The molecule has 0 aromatic heterocycles. The third kappa shape index (κ3) is 6.39. The third-order valence-electron chi connectivity index (χ3n) is 5.28. The minimum absolute atomic E-state index is 0.159. The van der Waals surface area contributed by atoms with Gasteiger partial charge in [0.1, 0.15) is 12.4 Å². The zero-order chi connectivity index (χ0) is 26.5. The summed E-state index contributed by atoms with van der Waals surface area (Å²) < 4.78 is 25.9. The predicted molar refractivity (Wildman–Crippen MR) is 145 cm³/mol. The van der Waals surface area contributed by atoms with Crippen molar-refractivity contribution < 1.29 is 28.6 Å². The van der Waals surface area contributed by atoms with Crippen molar-refractivity contribution in [2.24, 2.45) is 4.99 Å².